The van der Waals surface area contributed by atoms with Gasteiger partial charge in [-0.25, -0.2) is 9.97 Å². The van der Waals surface area contributed by atoms with Gasteiger partial charge in [0, 0.05) is 39.7 Å². The first-order chi connectivity index (χ1) is 9.55. The molecule has 0 fully saturated rings. The molecule has 110 valence electrons. The Morgan fingerprint density at radius 2 is 2.20 bits per heavy atom. The molecule has 0 aromatic carbocycles. The summed E-state index contributed by atoms with van der Waals surface area (Å²) in [4.78, 5) is 8.88. The van der Waals surface area contributed by atoms with Crippen LogP contribution in [0.5, 0.6) is 0 Å². The molecule has 2 heterocycles. The number of methoxy groups -OCH3 is 1. The summed E-state index contributed by atoms with van der Waals surface area (Å²) in [6.07, 6.45) is 6.60. The Morgan fingerprint density at radius 1 is 1.40 bits per heavy atom. The first-order valence-electron chi connectivity index (χ1n) is 6.80. The normalized spacial score (nSPS) is 11.8. The monoisotopic (exact) mass is 277 g/mol. The Morgan fingerprint density at radius 3 is 2.90 bits per heavy atom. The van der Waals surface area contributed by atoms with Crippen LogP contribution >= 0.6 is 0 Å². The van der Waals surface area contributed by atoms with Gasteiger partial charge in [0.1, 0.15) is 5.82 Å². The summed E-state index contributed by atoms with van der Waals surface area (Å²) in [6.45, 7) is 6.00. The van der Waals surface area contributed by atoms with Crippen molar-refractivity contribution in [2.45, 2.75) is 20.3 Å². The highest BCUT2D eigenvalue weighted by atomic mass is 16.5. The van der Waals surface area contributed by atoms with Crippen molar-refractivity contribution in [1.29, 1.82) is 0 Å². The van der Waals surface area contributed by atoms with Gasteiger partial charge in [-0.2, -0.15) is 0 Å². The summed E-state index contributed by atoms with van der Waals surface area (Å²) in [5.74, 6) is 1.61. The molecule has 6 nitrogen and oxygen atoms in total. The van der Waals surface area contributed by atoms with Crippen LogP contribution in [0.1, 0.15) is 20.3 Å². The minimum atomic E-state index is 0.136. The zero-order valence-corrected chi connectivity index (χ0v) is 12.6. The summed E-state index contributed by atoms with van der Waals surface area (Å²) in [5.41, 5.74) is 0.975. The molecule has 6 heteroatoms. The van der Waals surface area contributed by atoms with Crippen LogP contribution in [-0.2, 0) is 4.74 Å². The van der Waals surface area contributed by atoms with Gasteiger partial charge in [-0.05, 0) is 11.8 Å². The van der Waals surface area contributed by atoms with Crippen LogP contribution in [0.4, 0.5) is 11.6 Å². The fourth-order valence-electron chi connectivity index (χ4n) is 1.96. The highest BCUT2D eigenvalue weighted by Crippen LogP contribution is 2.23. The SMILES string of the molecule is CNc1cn2ccnc2c(NCC(C)(C)CCOC)n1. The van der Waals surface area contributed by atoms with E-state index in [0.717, 1.165) is 36.9 Å². The molecular formula is C14H23N5O. The van der Waals surface area contributed by atoms with Crippen LogP contribution in [0.15, 0.2) is 18.6 Å². The minimum Gasteiger partial charge on any atom is -0.385 e. The molecule has 0 atom stereocenters. The smallest absolute Gasteiger partial charge is 0.180 e. The number of nitrogens with one attached hydrogen (secondary N) is 2. The molecule has 0 radical (unpaired) electrons. The van der Waals surface area contributed by atoms with E-state index in [2.05, 4.69) is 34.4 Å². The molecule has 0 aliphatic carbocycles. The van der Waals surface area contributed by atoms with Crippen LogP contribution in [0.3, 0.4) is 0 Å². The second-order valence-corrected chi connectivity index (χ2v) is 5.64. The second kappa shape index (κ2) is 6.09. The lowest BCUT2D eigenvalue weighted by Crippen LogP contribution is -2.25. The maximum absolute atomic E-state index is 5.15. The third kappa shape index (κ3) is 3.39. The molecule has 2 N–H and O–H groups in total. The lowest BCUT2D eigenvalue weighted by Gasteiger charge is -2.25. The number of anilines is 2. The predicted octanol–water partition coefficient (Wildman–Crippen LogP) is 2.25. The largest absolute Gasteiger partial charge is 0.385 e. The molecule has 0 spiro atoms. The first kappa shape index (κ1) is 14.6. The minimum absolute atomic E-state index is 0.136. The van der Waals surface area contributed by atoms with Crippen LogP contribution < -0.4 is 10.6 Å². The number of hydrogen-bond acceptors (Lipinski definition) is 5. The molecule has 0 amide bonds. The molecule has 0 saturated carbocycles. The van der Waals surface area contributed by atoms with Gasteiger partial charge in [0.05, 0.1) is 6.20 Å². The number of ether oxygens (including phenoxy) is 1. The Balaban J connectivity index is 2.14. The van der Waals surface area contributed by atoms with Gasteiger partial charge in [0.25, 0.3) is 0 Å². The summed E-state index contributed by atoms with van der Waals surface area (Å²) in [6, 6.07) is 0. The molecule has 0 aliphatic heterocycles. The van der Waals surface area contributed by atoms with E-state index in [1.54, 1.807) is 13.3 Å². The maximum atomic E-state index is 5.15. The number of nitrogens with zero attached hydrogens (tertiary/aromatic N) is 3. The van der Waals surface area contributed by atoms with Gasteiger partial charge in [-0.3, -0.25) is 0 Å². The molecule has 20 heavy (non-hydrogen) atoms. The van der Waals surface area contributed by atoms with Gasteiger partial charge in [-0.15, -0.1) is 0 Å². The fourth-order valence-corrected chi connectivity index (χ4v) is 1.96. The van der Waals surface area contributed by atoms with Gasteiger partial charge >= 0.3 is 0 Å². The number of imidazole rings is 1. The van der Waals surface area contributed by atoms with Crippen molar-refractivity contribution < 1.29 is 4.74 Å². The standard InChI is InChI=1S/C14H23N5O/c1-14(2,5-8-20-4)10-17-12-13-16-6-7-19(13)9-11(15-3)18-12/h6-7,9,15H,5,8,10H2,1-4H3,(H,17,18). The Labute approximate surface area is 119 Å². The molecule has 2 aromatic rings. The Hall–Kier alpha value is -1.82. The molecule has 0 unspecified atom stereocenters. The first-order valence-corrected chi connectivity index (χ1v) is 6.80. The van der Waals surface area contributed by atoms with Gasteiger partial charge < -0.3 is 19.8 Å². The highest BCUT2D eigenvalue weighted by molar-refractivity contribution is 5.65. The van der Waals surface area contributed by atoms with E-state index in [1.807, 2.05) is 23.8 Å². The van der Waals surface area contributed by atoms with E-state index in [9.17, 15) is 0 Å². The average molecular weight is 277 g/mol. The van der Waals surface area contributed by atoms with Crippen LogP contribution in [0, 0.1) is 5.41 Å². The predicted molar refractivity (Wildman–Crippen MR) is 81.3 cm³/mol. The fraction of sp³-hybridized carbons (Fsp3) is 0.571. The van der Waals surface area contributed by atoms with Crippen molar-refractivity contribution in [3.63, 3.8) is 0 Å². The van der Waals surface area contributed by atoms with Crippen LogP contribution in [-0.4, -0.2) is 41.7 Å². The maximum Gasteiger partial charge on any atom is 0.180 e. The van der Waals surface area contributed by atoms with Crippen molar-refractivity contribution in [3.05, 3.63) is 18.6 Å². The van der Waals surface area contributed by atoms with Gasteiger partial charge in [0.15, 0.2) is 11.5 Å². The number of aromatic nitrogens is 3. The lowest BCUT2D eigenvalue weighted by molar-refractivity contribution is 0.157. The van der Waals surface area contributed by atoms with Crippen LogP contribution in [0.2, 0.25) is 0 Å². The topological polar surface area (TPSA) is 63.5 Å². The van der Waals surface area contributed by atoms with E-state index in [1.165, 1.54) is 0 Å². The quantitative estimate of drug-likeness (QED) is 0.812. The summed E-state index contributed by atoms with van der Waals surface area (Å²) >= 11 is 0. The van der Waals surface area contributed by atoms with Crippen LogP contribution in [0.25, 0.3) is 5.65 Å². The molecule has 2 rings (SSSR count). The van der Waals surface area contributed by atoms with Crippen molar-refractivity contribution in [2.75, 3.05) is 37.9 Å². The van der Waals surface area contributed by atoms with Crippen molar-refractivity contribution in [1.82, 2.24) is 14.4 Å². The molecule has 0 bridgehead atoms. The molecule has 0 aliphatic rings. The highest BCUT2D eigenvalue weighted by Gasteiger charge is 2.18. The summed E-state index contributed by atoms with van der Waals surface area (Å²) in [5, 5.41) is 6.47. The van der Waals surface area contributed by atoms with Crippen molar-refractivity contribution >= 4 is 17.3 Å². The molecule has 0 saturated heterocycles. The summed E-state index contributed by atoms with van der Waals surface area (Å²) < 4.78 is 7.12. The average Bonchev–Trinajstić information content (AvgIpc) is 2.90. The zero-order chi connectivity index (χ0) is 14.6. The van der Waals surface area contributed by atoms with Gasteiger partial charge in [-0.1, -0.05) is 13.8 Å². The van der Waals surface area contributed by atoms with E-state index in [0.29, 0.717) is 0 Å². The number of rotatable bonds is 7. The molecular weight excluding hydrogens is 254 g/mol. The van der Waals surface area contributed by atoms with E-state index in [4.69, 9.17) is 4.74 Å². The lowest BCUT2D eigenvalue weighted by atomic mass is 9.90. The third-order valence-electron chi connectivity index (χ3n) is 3.35. The summed E-state index contributed by atoms with van der Waals surface area (Å²) in [7, 11) is 3.59. The Kier molecular flexibility index (Phi) is 4.44. The molecule has 2 aromatic heterocycles. The van der Waals surface area contributed by atoms with E-state index in [-0.39, 0.29) is 5.41 Å². The third-order valence-corrected chi connectivity index (χ3v) is 3.35. The Bertz CT molecular complexity index is 564. The van der Waals surface area contributed by atoms with E-state index < -0.39 is 0 Å². The van der Waals surface area contributed by atoms with E-state index >= 15 is 0 Å². The van der Waals surface area contributed by atoms with Crippen molar-refractivity contribution in [3.8, 4) is 0 Å². The number of fused-ring (bicyclic) bond motifs is 1. The number of hydrogen-bond donors (Lipinski definition) is 2. The van der Waals surface area contributed by atoms with Crippen molar-refractivity contribution in [2.24, 2.45) is 5.41 Å². The van der Waals surface area contributed by atoms with Gasteiger partial charge in [0.2, 0.25) is 0 Å². The zero-order valence-electron chi connectivity index (χ0n) is 12.6. The second-order valence-electron chi connectivity index (χ2n) is 5.64.